The smallest absolute Gasteiger partial charge is 0.253 e. The second-order valence-corrected chi connectivity index (χ2v) is 8.50. The highest BCUT2D eigenvalue weighted by Gasteiger charge is 2.22. The average molecular weight is 428 g/mol. The molecule has 2 aromatic rings. The van der Waals surface area contributed by atoms with Crippen LogP contribution in [-0.4, -0.2) is 54.3 Å². The molecular weight excluding hydrogens is 398 g/mol. The lowest BCUT2D eigenvalue weighted by Gasteiger charge is -2.23. The van der Waals surface area contributed by atoms with Gasteiger partial charge in [0.15, 0.2) is 0 Å². The third-order valence-electron chi connectivity index (χ3n) is 5.72. The van der Waals surface area contributed by atoms with Crippen molar-refractivity contribution in [3.05, 3.63) is 69.7 Å². The first kappa shape index (κ1) is 22.3. The summed E-state index contributed by atoms with van der Waals surface area (Å²) < 4.78 is 0. The molecule has 1 aliphatic heterocycles. The average Bonchev–Trinajstić information content (AvgIpc) is 2.95. The summed E-state index contributed by atoms with van der Waals surface area (Å²) in [6.45, 7) is 9.28. The van der Waals surface area contributed by atoms with Crippen LogP contribution in [0.15, 0.2) is 42.5 Å². The molecule has 30 heavy (non-hydrogen) atoms. The number of nitrogens with zero attached hydrogens (tertiary/aromatic N) is 2. The zero-order valence-corrected chi connectivity index (χ0v) is 18.7. The second-order valence-electron chi connectivity index (χ2n) is 8.07. The molecule has 1 fully saturated rings. The molecule has 2 amide bonds. The van der Waals surface area contributed by atoms with Gasteiger partial charge < -0.3 is 10.2 Å². The molecule has 0 aliphatic carbocycles. The van der Waals surface area contributed by atoms with Gasteiger partial charge in [-0.2, -0.15) is 0 Å². The number of nitrogens with one attached hydrogen (secondary N) is 1. The van der Waals surface area contributed by atoms with Crippen molar-refractivity contribution in [3.8, 4) is 0 Å². The Morgan fingerprint density at radius 1 is 1.03 bits per heavy atom. The summed E-state index contributed by atoms with van der Waals surface area (Å²) in [4.78, 5) is 29.3. The molecule has 1 heterocycles. The van der Waals surface area contributed by atoms with E-state index in [9.17, 15) is 9.59 Å². The number of benzene rings is 2. The van der Waals surface area contributed by atoms with Gasteiger partial charge in [0, 0.05) is 36.8 Å². The number of aryl methyl sites for hydroxylation is 2. The van der Waals surface area contributed by atoms with Crippen LogP contribution in [0, 0.1) is 13.8 Å². The number of rotatable bonds is 5. The molecule has 0 radical (unpaired) electrons. The van der Waals surface area contributed by atoms with E-state index in [1.54, 1.807) is 24.3 Å². The molecule has 5 nitrogen and oxygen atoms in total. The summed E-state index contributed by atoms with van der Waals surface area (Å²) in [5.41, 5.74) is 4.20. The Morgan fingerprint density at radius 2 is 1.83 bits per heavy atom. The van der Waals surface area contributed by atoms with Gasteiger partial charge in [0.2, 0.25) is 5.91 Å². The minimum Gasteiger partial charge on any atom is -0.348 e. The predicted octanol–water partition coefficient (Wildman–Crippen LogP) is 3.98. The third kappa shape index (κ3) is 5.83. The van der Waals surface area contributed by atoms with Gasteiger partial charge in [-0.1, -0.05) is 35.9 Å². The molecule has 1 unspecified atom stereocenters. The molecular formula is C24H30ClN3O2. The Morgan fingerprint density at radius 3 is 2.57 bits per heavy atom. The Balaban J connectivity index is 1.52. The van der Waals surface area contributed by atoms with E-state index in [1.807, 2.05) is 11.8 Å². The molecule has 160 valence electrons. The number of hydrogen-bond acceptors (Lipinski definition) is 3. The van der Waals surface area contributed by atoms with Crippen LogP contribution in [0.25, 0.3) is 0 Å². The van der Waals surface area contributed by atoms with Crippen LogP contribution in [-0.2, 0) is 4.79 Å². The maximum atomic E-state index is 12.8. The quantitative estimate of drug-likeness (QED) is 0.785. The molecule has 1 atom stereocenters. The minimum atomic E-state index is -0.0373. The summed E-state index contributed by atoms with van der Waals surface area (Å²) in [7, 11) is 0. The highest BCUT2D eigenvalue weighted by Crippen LogP contribution is 2.17. The number of carbonyl (C=O) groups excluding carboxylic acids is 2. The fraction of sp³-hybridized carbons (Fsp3) is 0.417. The Hall–Kier alpha value is -2.37. The molecule has 1 saturated heterocycles. The first-order valence-corrected chi connectivity index (χ1v) is 10.8. The second kappa shape index (κ2) is 10.1. The predicted molar refractivity (Wildman–Crippen MR) is 121 cm³/mol. The van der Waals surface area contributed by atoms with Crippen LogP contribution >= 0.6 is 11.6 Å². The molecule has 0 saturated carbocycles. The van der Waals surface area contributed by atoms with Crippen molar-refractivity contribution in [1.29, 1.82) is 0 Å². The first-order chi connectivity index (χ1) is 14.3. The number of halogens is 1. The van der Waals surface area contributed by atoms with Crippen molar-refractivity contribution in [2.45, 2.75) is 33.2 Å². The fourth-order valence-corrected chi connectivity index (χ4v) is 3.93. The molecule has 1 N–H and O–H groups in total. The fourth-order valence-electron chi connectivity index (χ4n) is 3.74. The first-order valence-electron chi connectivity index (χ1n) is 10.5. The van der Waals surface area contributed by atoms with E-state index in [0.717, 1.165) is 18.5 Å². The van der Waals surface area contributed by atoms with Crippen LogP contribution in [0.1, 0.15) is 46.4 Å². The molecule has 0 bridgehead atoms. The Bertz CT molecular complexity index is 915. The van der Waals surface area contributed by atoms with Gasteiger partial charge in [-0.15, -0.1) is 0 Å². The van der Waals surface area contributed by atoms with Gasteiger partial charge in [-0.3, -0.25) is 14.5 Å². The zero-order valence-electron chi connectivity index (χ0n) is 18.0. The molecule has 2 aromatic carbocycles. The summed E-state index contributed by atoms with van der Waals surface area (Å²) >= 11 is 6.02. The molecule has 3 rings (SSSR count). The molecule has 6 heteroatoms. The van der Waals surface area contributed by atoms with Crippen molar-refractivity contribution in [1.82, 2.24) is 15.1 Å². The zero-order chi connectivity index (χ0) is 21.7. The summed E-state index contributed by atoms with van der Waals surface area (Å²) in [5.74, 6) is 0.00232. The van der Waals surface area contributed by atoms with Crippen molar-refractivity contribution >= 4 is 23.4 Å². The van der Waals surface area contributed by atoms with Crippen LogP contribution in [0.5, 0.6) is 0 Å². The van der Waals surface area contributed by atoms with Gasteiger partial charge in [-0.05, 0) is 62.1 Å². The Kier molecular flexibility index (Phi) is 7.51. The topological polar surface area (TPSA) is 52.7 Å². The van der Waals surface area contributed by atoms with Crippen LogP contribution in [0.2, 0.25) is 5.02 Å². The van der Waals surface area contributed by atoms with Gasteiger partial charge in [0.05, 0.1) is 12.6 Å². The number of hydrogen-bond donors (Lipinski definition) is 1. The van der Waals surface area contributed by atoms with Crippen molar-refractivity contribution < 1.29 is 9.59 Å². The van der Waals surface area contributed by atoms with Crippen LogP contribution in [0.4, 0.5) is 0 Å². The van der Waals surface area contributed by atoms with Crippen molar-refractivity contribution in [2.24, 2.45) is 0 Å². The lowest BCUT2D eigenvalue weighted by molar-refractivity contribution is -0.122. The number of carbonyl (C=O) groups is 2. The summed E-state index contributed by atoms with van der Waals surface area (Å²) in [5, 5.41) is 3.66. The molecule has 0 spiro atoms. The minimum absolute atomic E-state index is 0.00725. The standard InChI is InChI=1S/C24H30ClN3O2/c1-17-8-9-20(14-18(17)2)19(3)26-23(29)16-27-10-5-11-28(13-12-27)24(30)21-6-4-7-22(25)15-21/h4,6-9,14-15,19H,5,10-13,16H2,1-3H3,(H,26,29). The normalized spacial score (nSPS) is 16.1. The third-order valence-corrected chi connectivity index (χ3v) is 5.96. The van der Waals surface area contributed by atoms with E-state index < -0.39 is 0 Å². The van der Waals surface area contributed by atoms with Crippen LogP contribution < -0.4 is 5.32 Å². The van der Waals surface area contributed by atoms with E-state index in [0.29, 0.717) is 36.8 Å². The van der Waals surface area contributed by atoms with Gasteiger partial charge in [0.25, 0.3) is 5.91 Å². The maximum Gasteiger partial charge on any atom is 0.253 e. The Labute approximate surface area is 184 Å². The van der Waals surface area contributed by atoms with Gasteiger partial charge in [0.1, 0.15) is 0 Å². The summed E-state index contributed by atoms with van der Waals surface area (Å²) in [6.07, 6.45) is 0.840. The van der Waals surface area contributed by atoms with Crippen molar-refractivity contribution in [2.75, 3.05) is 32.7 Å². The van der Waals surface area contributed by atoms with E-state index in [1.165, 1.54) is 11.1 Å². The number of amides is 2. The monoisotopic (exact) mass is 427 g/mol. The highest BCUT2D eigenvalue weighted by atomic mass is 35.5. The maximum absolute atomic E-state index is 12.8. The van der Waals surface area contributed by atoms with E-state index in [2.05, 4.69) is 42.3 Å². The van der Waals surface area contributed by atoms with E-state index >= 15 is 0 Å². The van der Waals surface area contributed by atoms with Crippen molar-refractivity contribution in [3.63, 3.8) is 0 Å². The van der Waals surface area contributed by atoms with E-state index in [-0.39, 0.29) is 17.9 Å². The van der Waals surface area contributed by atoms with Gasteiger partial charge >= 0.3 is 0 Å². The highest BCUT2D eigenvalue weighted by molar-refractivity contribution is 6.30. The molecule has 1 aliphatic rings. The lowest BCUT2D eigenvalue weighted by Crippen LogP contribution is -2.40. The van der Waals surface area contributed by atoms with Crippen LogP contribution in [0.3, 0.4) is 0 Å². The summed E-state index contributed by atoms with van der Waals surface area (Å²) in [6, 6.07) is 13.3. The SMILES string of the molecule is Cc1ccc(C(C)NC(=O)CN2CCCN(C(=O)c3cccc(Cl)c3)CC2)cc1C. The van der Waals surface area contributed by atoms with Gasteiger partial charge in [-0.25, -0.2) is 0 Å². The lowest BCUT2D eigenvalue weighted by atomic mass is 10.0. The largest absolute Gasteiger partial charge is 0.348 e. The van der Waals surface area contributed by atoms with E-state index in [4.69, 9.17) is 11.6 Å². The molecule has 0 aromatic heterocycles.